The van der Waals surface area contributed by atoms with Gasteiger partial charge in [-0.05, 0) is 36.8 Å². The second-order valence-electron chi connectivity index (χ2n) is 4.45. The van der Waals surface area contributed by atoms with Gasteiger partial charge in [0, 0.05) is 17.4 Å². The standard InChI is InChI=1S/C14H16N2O3S/c1-10-8-12(5-6-13(10)15)20(17,18)9-11-4-3-7-16-14(11)19-2/h3-8H,9,15H2,1-2H3. The minimum absolute atomic E-state index is 0.159. The third-order valence-electron chi connectivity index (χ3n) is 2.99. The Morgan fingerprint density at radius 3 is 2.70 bits per heavy atom. The van der Waals surface area contributed by atoms with E-state index in [2.05, 4.69) is 4.98 Å². The Balaban J connectivity index is 2.38. The average molecular weight is 292 g/mol. The van der Waals surface area contributed by atoms with Gasteiger partial charge in [-0.2, -0.15) is 0 Å². The van der Waals surface area contributed by atoms with Crippen molar-refractivity contribution in [2.24, 2.45) is 0 Å². The molecule has 2 rings (SSSR count). The van der Waals surface area contributed by atoms with Gasteiger partial charge in [0.15, 0.2) is 9.84 Å². The van der Waals surface area contributed by atoms with Crippen molar-refractivity contribution in [1.82, 2.24) is 4.98 Å². The zero-order valence-electron chi connectivity index (χ0n) is 11.3. The first-order valence-electron chi connectivity index (χ1n) is 6.01. The van der Waals surface area contributed by atoms with Gasteiger partial charge in [-0.15, -0.1) is 0 Å². The highest BCUT2D eigenvalue weighted by atomic mass is 32.2. The number of ether oxygens (including phenoxy) is 1. The summed E-state index contributed by atoms with van der Waals surface area (Å²) >= 11 is 0. The first kappa shape index (κ1) is 14.3. The van der Waals surface area contributed by atoms with E-state index < -0.39 is 9.84 Å². The summed E-state index contributed by atoms with van der Waals surface area (Å²) in [6.07, 6.45) is 1.56. The molecule has 2 aromatic rings. The Morgan fingerprint density at radius 2 is 2.05 bits per heavy atom. The van der Waals surface area contributed by atoms with Crippen LogP contribution in [-0.4, -0.2) is 20.5 Å². The number of aromatic nitrogens is 1. The maximum absolute atomic E-state index is 12.4. The molecular weight excluding hydrogens is 276 g/mol. The minimum atomic E-state index is -3.46. The van der Waals surface area contributed by atoms with Gasteiger partial charge in [0.25, 0.3) is 0 Å². The van der Waals surface area contributed by atoms with E-state index in [4.69, 9.17) is 10.5 Å². The van der Waals surface area contributed by atoms with Gasteiger partial charge in [-0.3, -0.25) is 0 Å². The highest BCUT2D eigenvalue weighted by molar-refractivity contribution is 7.90. The number of hydrogen-bond donors (Lipinski definition) is 1. The second kappa shape index (κ2) is 5.50. The van der Waals surface area contributed by atoms with Crippen molar-refractivity contribution >= 4 is 15.5 Å². The van der Waals surface area contributed by atoms with Crippen LogP contribution in [0.2, 0.25) is 0 Å². The quantitative estimate of drug-likeness (QED) is 0.871. The summed E-state index contributed by atoms with van der Waals surface area (Å²) < 4.78 is 29.9. The maximum Gasteiger partial charge on any atom is 0.217 e. The third-order valence-corrected chi connectivity index (χ3v) is 4.65. The fraction of sp³-hybridized carbons (Fsp3) is 0.214. The summed E-state index contributed by atoms with van der Waals surface area (Å²) in [5, 5.41) is 0. The Kier molecular flexibility index (Phi) is 3.94. The molecule has 106 valence electrons. The topological polar surface area (TPSA) is 82.3 Å². The fourth-order valence-corrected chi connectivity index (χ4v) is 3.27. The van der Waals surface area contributed by atoms with Crippen molar-refractivity contribution < 1.29 is 13.2 Å². The molecule has 0 spiro atoms. The van der Waals surface area contributed by atoms with Crippen molar-refractivity contribution in [3.63, 3.8) is 0 Å². The normalized spacial score (nSPS) is 11.3. The van der Waals surface area contributed by atoms with E-state index in [1.807, 2.05) is 0 Å². The maximum atomic E-state index is 12.4. The first-order valence-corrected chi connectivity index (χ1v) is 7.66. The number of anilines is 1. The van der Waals surface area contributed by atoms with Crippen molar-refractivity contribution in [1.29, 1.82) is 0 Å². The van der Waals surface area contributed by atoms with E-state index in [-0.39, 0.29) is 10.6 Å². The Bertz CT molecular complexity index is 727. The van der Waals surface area contributed by atoms with E-state index in [1.165, 1.54) is 13.2 Å². The van der Waals surface area contributed by atoms with Crippen molar-refractivity contribution in [2.45, 2.75) is 17.6 Å². The molecule has 1 heterocycles. The van der Waals surface area contributed by atoms with Crippen LogP contribution in [0.25, 0.3) is 0 Å². The summed E-state index contributed by atoms with van der Waals surface area (Å²) in [7, 11) is -2.00. The molecule has 0 aliphatic rings. The van der Waals surface area contributed by atoms with Gasteiger partial charge in [-0.25, -0.2) is 13.4 Å². The summed E-state index contributed by atoms with van der Waals surface area (Å²) in [4.78, 5) is 4.25. The number of nitrogens with two attached hydrogens (primary N) is 1. The number of pyridine rings is 1. The van der Waals surface area contributed by atoms with E-state index in [1.54, 1.807) is 37.4 Å². The molecule has 5 nitrogen and oxygen atoms in total. The molecule has 0 aliphatic carbocycles. The van der Waals surface area contributed by atoms with Crippen LogP contribution in [0.15, 0.2) is 41.4 Å². The fourth-order valence-electron chi connectivity index (χ4n) is 1.85. The number of nitrogen functional groups attached to an aromatic ring is 1. The van der Waals surface area contributed by atoms with Gasteiger partial charge in [-0.1, -0.05) is 6.07 Å². The number of aryl methyl sites for hydroxylation is 1. The zero-order valence-corrected chi connectivity index (χ0v) is 12.1. The molecule has 0 unspecified atom stereocenters. The van der Waals surface area contributed by atoms with Crippen molar-refractivity contribution in [3.05, 3.63) is 47.7 Å². The van der Waals surface area contributed by atoms with Crippen LogP contribution in [0.3, 0.4) is 0 Å². The third kappa shape index (κ3) is 2.91. The lowest BCUT2D eigenvalue weighted by molar-refractivity contribution is 0.394. The highest BCUT2D eigenvalue weighted by Crippen LogP contribution is 2.23. The van der Waals surface area contributed by atoms with Crippen LogP contribution in [0.4, 0.5) is 5.69 Å². The number of benzene rings is 1. The van der Waals surface area contributed by atoms with Crippen molar-refractivity contribution in [3.8, 4) is 5.88 Å². The van der Waals surface area contributed by atoms with Crippen LogP contribution >= 0.6 is 0 Å². The monoisotopic (exact) mass is 292 g/mol. The number of nitrogens with zero attached hydrogens (tertiary/aromatic N) is 1. The highest BCUT2D eigenvalue weighted by Gasteiger charge is 2.18. The molecule has 0 saturated heterocycles. The molecule has 0 saturated carbocycles. The summed E-state index contributed by atoms with van der Waals surface area (Å²) in [5.41, 5.74) is 7.55. The Labute approximate surface area is 118 Å². The molecule has 0 bridgehead atoms. The van der Waals surface area contributed by atoms with Crippen LogP contribution in [0, 0.1) is 6.92 Å². The van der Waals surface area contributed by atoms with Crippen molar-refractivity contribution in [2.75, 3.05) is 12.8 Å². The number of sulfone groups is 1. The molecule has 20 heavy (non-hydrogen) atoms. The van der Waals surface area contributed by atoms with Crippen LogP contribution in [-0.2, 0) is 15.6 Å². The molecule has 2 N–H and O–H groups in total. The number of rotatable bonds is 4. The second-order valence-corrected chi connectivity index (χ2v) is 6.44. The molecular formula is C14H16N2O3S. The predicted molar refractivity (Wildman–Crippen MR) is 77.3 cm³/mol. The summed E-state index contributed by atoms with van der Waals surface area (Å²) in [5.74, 6) is 0.163. The molecule has 0 amide bonds. The van der Waals surface area contributed by atoms with Gasteiger partial charge in [0.2, 0.25) is 5.88 Å². The first-order chi connectivity index (χ1) is 9.44. The number of hydrogen-bond acceptors (Lipinski definition) is 5. The minimum Gasteiger partial charge on any atom is -0.481 e. The van der Waals surface area contributed by atoms with E-state index in [9.17, 15) is 8.42 Å². The lowest BCUT2D eigenvalue weighted by Crippen LogP contribution is -2.07. The molecule has 0 radical (unpaired) electrons. The molecule has 1 aromatic carbocycles. The Hall–Kier alpha value is -2.08. The largest absolute Gasteiger partial charge is 0.481 e. The van der Waals surface area contributed by atoms with Crippen LogP contribution in [0.5, 0.6) is 5.88 Å². The lowest BCUT2D eigenvalue weighted by atomic mass is 10.2. The molecule has 0 fully saturated rings. The van der Waals surface area contributed by atoms with Gasteiger partial charge in [0.05, 0.1) is 17.8 Å². The van der Waals surface area contributed by atoms with Crippen LogP contribution < -0.4 is 10.5 Å². The van der Waals surface area contributed by atoms with Crippen LogP contribution in [0.1, 0.15) is 11.1 Å². The molecule has 6 heteroatoms. The van der Waals surface area contributed by atoms with E-state index in [0.29, 0.717) is 17.1 Å². The summed E-state index contributed by atoms with van der Waals surface area (Å²) in [6.45, 7) is 1.78. The van der Waals surface area contributed by atoms with Gasteiger partial charge in [0.1, 0.15) is 0 Å². The SMILES string of the molecule is COc1ncccc1CS(=O)(=O)c1ccc(N)c(C)c1. The smallest absolute Gasteiger partial charge is 0.217 e. The molecule has 1 aromatic heterocycles. The van der Waals surface area contributed by atoms with E-state index in [0.717, 1.165) is 5.56 Å². The van der Waals surface area contributed by atoms with Gasteiger partial charge < -0.3 is 10.5 Å². The van der Waals surface area contributed by atoms with Gasteiger partial charge >= 0.3 is 0 Å². The molecule has 0 aliphatic heterocycles. The number of methoxy groups -OCH3 is 1. The Morgan fingerprint density at radius 1 is 1.30 bits per heavy atom. The summed E-state index contributed by atoms with van der Waals surface area (Å²) in [6, 6.07) is 8.06. The zero-order chi connectivity index (χ0) is 14.8. The van der Waals surface area contributed by atoms with E-state index >= 15 is 0 Å². The average Bonchev–Trinajstić information content (AvgIpc) is 2.42. The predicted octanol–water partition coefficient (Wildman–Crippen LogP) is 1.95. The lowest BCUT2D eigenvalue weighted by Gasteiger charge is -2.09. The molecule has 0 atom stereocenters.